The van der Waals surface area contributed by atoms with Gasteiger partial charge in [-0.3, -0.25) is 0 Å². The Bertz CT molecular complexity index is 522. The van der Waals surface area contributed by atoms with Crippen molar-refractivity contribution in [3.05, 3.63) is 46.2 Å². The highest BCUT2D eigenvalue weighted by Gasteiger charge is 2.09. The van der Waals surface area contributed by atoms with E-state index in [1.54, 1.807) is 30.4 Å². The largest absolute Gasteiger partial charge is 0.355 e. The lowest BCUT2D eigenvalue weighted by atomic mass is 10.1. The van der Waals surface area contributed by atoms with Crippen LogP contribution in [0.5, 0.6) is 0 Å². The first-order chi connectivity index (χ1) is 8.06. The number of nitrogens with one attached hydrogen (secondary N) is 1. The molecule has 1 N–H and O–H groups in total. The van der Waals surface area contributed by atoms with Crippen molar-refractivity contribution in [1.82, 2.24) is 4.98 Å². The highest BCUT2D eigenvalue weighted by Crippen LogP contribution is 2.23. The molecule has 1 unspecified atom stereocenters. The molecule has 0 spiro atoms. The van der Waals surface area contributed by atoms with Crippen LogP contribution in [0.3, 0.4) is 0 Å². The Morgan fingerprint density at radius 1 is 1.35 bits per heavy atom. The summed E-state index contributed by atoms with van der Waals surface area (Å²) in [6.07, 6.45) is 0. The Balaban J connectivity index is 2.14. The molecule has 4 heteroatoms. The van der Waals surface area contributed by atoms with Crippen LogP contribution in [-0.2, 0) is 0 Å². The molecule has 1 heterocycles. The molecule has 2 aromatic rings. The molecule has 1 aromatic carbocycles. The van der Waals surface area contributed by atoms with Crippen LogP contribution in [0.15, 0.2) is 23.6 Å². The van der Waals surface area contributed by atoms with Gasteiger partial charge < -0.3 is 5.32 Å². The molecule has 1 aromatic heterocycles. The summed E-state index contributed by atoms with van der Waals surface area (Å²) in [4.78, 5) is 4.33. The van der Waals surface area contributed by atoms with Crippen LogP contribution in [-0.4, -0.2) is 4.98 Å². The molecule has 0 amide bonds. The van der Waals surface area contributed by atoms with Gasteiger partial charge in [-0.15, -0.1) is 11.3 Å². The van der Waals surface area contributed by atoms with Crippen molar-refractivity contribution in [2.75, 3.05) is 5.32 Å². The standard InChI is InChI=1S/C13H15FN2S/c1-8-4-5-11(6-12(8)14)10(3)16-13-15-9(2)7-17-13/h4-7,10H,1-3H3,(H,15,16). The van der Waals surface area contributed by atoms with E-state index < -0.39 is 0 Å². The van der Waals surface area contributed by atoms with E-state index in [1.165, 1.54) is 0 Å². The van der Waals surface area contributed by atoms with Gasteiger partial charge in [-0.25, -0.2) is 9.37 Å². The van der Waals surface area contributed by atoms with Gasteiger partial charge in [0.1, 0.15) is 5.82 Å². The summed E-state index contributed by atoms with van der Waals surface area (Å²) in [6.45, 7) is 5.72. The number of nitrogens with zero attached hydrogens (tertiary/aromatic N) is 1. The summed E-state index contributed by atoms with van der Waals surface area (Å²) in [5.41, 5.74) is 2.60. The second kappa shape index (κ2) is 4.84. The molecule has 0 saturated heterocycles. The molecule has 2 nitrogen and oxygen atoms in total. The molecule has 1 atom stereocenters. The number of hydrogen-bond acceptors (Lipinski definition) is 3. The van der Waals surface area contributed by atoms with Gasteiger partial charge in [0, 0.05) is 5.38 Å². The number of aromatic nitrogens is 1. The maximum Gasteiger partial charge on any atom is 0.183 e. The topological polar surface area (TPSA) is 24.9 Å². The average Bonchev–Trinajstić information content (AvgIpc) is 2.68. The Morgan fingerprint density at radius 3 is 2.71 bits per heavy atom. The SMILES string of the molecule is Cc1csc(NC(C)c2ccc(C)c(F)c2)n1. The molecular formula is C13H15FN2S. The van der Waals surface area contributed by atoms with Crippen molar-refractivity contribution >= 4 is 16.5 Å². The Hall–Kier alpha value is -1.42. The molecule has 0 fully saturated rings. The summed E-state index contributed by atoms with van der Waals surface area (Å²) >= 11 is 1.56. The number of anilines is 1. The van der Waals surface area contributed by atoms with E-state index >= 15 is 0 Å². The van der Waals surface area contributed by atoms with Crippen LogP contribution in [0.4, 0.5) is 9.52 Å². The third kappa shape index (κ3) is 2.82. The van der Waals surface area contributed by atoms with Crippen molar-refractivity contribution in [2.45, 2.75) is 26.8 Å². The van der Waals surface area contributed by atoms with E-state index in [-0.39, 0.29) is 11.9 Å². The third-order valence-corrected chi connectivity index (χ3v) is 3.55. The lowest BCUT2D eigenvalue weighted by molar-refractivity contribution is 0.614. The van der Waals surface area contributed by atoms with Crippen molar-refractivity contribution in [3.8, 4) is 0 Å². The van der Waals surface area contributed by atoms with Gasteiger partial charge >= 0.3 is 0 Å². The maximum atomic E-state index is 13.4. The molecule has 2 rings (SSSR count). The van der Waals surface area contributed by atoms with Crippen molar-refractivity contribution in [1.29, 1.82) is 0 Å². The van der Waals surface area contributed by atoms with Crippen LogP contribution < -0.4 is 5.32 Å². The number of aryl methyl sites for hydroxylation is 2. The van der Waals surface area contributed by atoms with Crippen LogP contribution in [0.1, 0.15) is 29.8 Å². The summed E-state index contributed by atoms with van der Waals surface area (Å²) < 4.78 is 13.4. The maximum absolute atomic E-state index is 13.4. The zero-order valence-electron chi connectivity index (χ0n) is 10.1. The predicted molar refractivity (Wildman–Crippen MR) is 70.0 cm³/mol. The van der Waals surface area contributed by atoms with Crippen LogP contribution in [0, 0.1) is 19.7 Å². The zero-order valence-corrected chi connectivity index (χ0v) is 10.9. The lowest BCUT2D eigenvalue weighted by Gasteiger charge is -2.13. The predicted octanol–water partition coefficient (Wildman–Crippen LogP) is 4.07. The van der Waals surface area contributed by atoms with Gasteiger partial charge in [0.05, 0.1) is 11.7 Å². The summed E-state index contributed by atoms with van der Waals surface area (Å²) in [5, 5.41) is 6.13. The normalized spacial score (nSPS) is 12.5. The zero-order chi connectivity index (χ0) is 12.4. The van der Waals surface area contributed by atoms with Gasteiger partial charge in [-0.2, -0.15) is 0 Å². The number of benzene rings is 1. The van der Waals surface area contributed by atoms with Crippen LogP contribution in [0.2, 0.25) is 0 Å². The molecule has 0 aliphatic heterocycles. The van der Waals surface area contributed by atoms with E-state index in [0.29, 0.717) is 5.56 Å². The number of halogens is 1. The Labute approximate surface area is 105 Å². The summed E-state index contributed by atoms with van der Waals surface area (Å²) in [7, 11) is 0. The van der Waals surface area contributed by atoms with Crippen LogP contribution in [0.25, 0.3) is 0 Å². The first-order valence-corrected chi connectivity index (χ1v) is 6.39. The van der Waals surface area contributed by atoms with Gasteiger partial charge in [-0.05, 0) is 38.0 Å². The minimum atomic E-state index is -0.161. The van der Waals surface area contributed by atoms with Crippen molar-refractivity contribution < 1.29 is 4.39 Å². The minimum Gasteiger partial charge on any atom is -0.355 e. The molecule has 0 aliphatic carbocycles. The molecule has 17 heavy (non-hydrogen) atoms. The highest BCUT2D eigenvalue weighted by atomic mass is 32.1. The minimum absolute atomic E-state index is 0.0515. The molecular weight excluding hydrogens is 235 g/mol. The Morgan fingerprint density at radius 2 is 2.12 bits per heavy atom. The lowest BCUT2D eigenvalue weighted by Crippen LogP contribution is -2.06. The molecule has 0 saturated carbocycles. The van der Waals surface area contributed by atoms with Crippen molar-refractivity contribution in [2.24, 2.45) is 0 Å². The van der Waals surface area contributed by atoms with E-state index in [4.69, 9.17) is 0 Å². The first-order valence-electron chi connectivity index (χ1n) is 5.51. The van der Waals surface area contributed by atoms with E-state index in [9.17, 15) is 4.39 Å². The summed E-state index contributed by atoms with van der Waals surface area (Å²) in [5.74, 6) is -0.161. The quantitative estimate of drug-likeness (QED) is 0.888. The van der Waals surface area contributed by atoms with Gasteiger partial charge in [0.15, 0.2) is 5.13 Å². The number of hydrogen-bond donors (Lipinski definition) is 1. The second-order valence-corrected chi connectivity index (χ2v) is 5.03. The molecule has 90 valence electrons. The fourth-order valence-corrected chi connectivity index (χ4v) is 2.34. The van der Waals surface area contributed by atoms with Crippen molar-refractivity contribution in [3.63, 3.8) is 0 Å². The molecule has 0 radical (unpaired) electrons. The third-order valence-electron chi connectivity index (χ3n) is 2.65. The van der Waals surface area contributed by atoms with Gasteiger partial charge in [0.2, 0.25) is 0 Å². The van der Waals surface area contributed by atoms with Crippen LogP contribution >= 0.6 is 11.3 Å². The molecule has 0 bridgehead atoms. The van der Waals surface area contributed by atoms with Gasteiger partial charge in [-0.1, -0.05) is 12.1 Å². The Kier molecular flexibility index (Phi) is 3.43. The molecule has 0 aliphatic rings. The monoisotopic (exact) mass is 250 g/mol. The van der Waals surface area contributed by atoms with Gasteiger partial charge in [0.25, 0.3) is 0 Å². The average molecular weight is 250 g/mol. The van der Waals surface area contributed by atoms with E-state index in [2.05, 4.69) is 10.3 Å². The smallest absolute Gasteiger partial charge is 0.183 e. The fourth-order valence-electron chi connectivity index (χ4n) is 1.57. The van der Waals surface area contributed by atoms with E-state index in [1.807, 2.05) is 25.3 Å². The fraction of sp³-hybridized carbons (Fsp3) is 0.308. The second-order valence-electron chi connectivity index (χ2n) is 4.17. The number of rotatable bonds is 3. The number of thiazole rings is 1. The highest BCUT2D eigenvalue weighted by molar-refractivity contribution is 7.13. The first kappa shape index (κ1) is 12.0. The summed E-state index contributed by atoms with van der Waals surface area (Å²) in [6, 6.07) is 5.37. The van der Waals surface area contributed by atoms with E-state index in [0.717, 1.165) is 16.4 Å².